The molecule has 0 aliphatic rings. The van der Waals surface area contributed by atoms with Crippen LogP contribution in [0.25, 0.3) is 55.8 Å². The second-order valence-electron chi connectivity index (χ2n) is 6.73. The van der Waals surface area contributed by atoms with Crippen LogP contribution in [-0.4, -0.2) is 30.1 Å². The molecule has 0 fully saturated rings. The summed E-state index contributed by atoms with van der Waals surface area (Å²) in [5, 5.41) is 8.58. The van der Waals surface area contributed by atoms with E-state index in [2.05, 4.69) is 42.3 Å². The number of imidazole rings is 1. The van der Waals surface area contributed by atoms with Crippen LogP contribution in [0.2, 0.25) is 0 Å². The van der Waals surface area contributed by atoms with E-state index in [1.54, 1.807) is 24.9 Å². The number of hydrogen-bond donors (Lipinski definition) is 2. The Labute approximate surface area is 164 Å². The van der Waals surface area contributed by atoms with E-state index in [4.69, 9.17) is 4.42 Å². The van der Waals surface area contributed by atoms with Crippen molar-refractivity contribution in [2.75, 3.05) is 0 Å². The molecule has 6 aromatic rings. The summed E-state index contributed by atoms with van der Waals surface area (Å²) in [4.78, 5) is 16.7. The van der Waals surface area contributed by atoms with E-state index in [1.807, 2.05) is 36.5 Å². The zero-order valence-corrected chi connectivity index (χ0v) is 15.1. The van der Waals surface area contributed by atoms with Crippen LogP contribution in [0.1, 0.15) is 0 Å². The van der Waals surface area contributed by atoms with E-state index >= 15 is 0 Å². The molecule has 0 aliphatic heterocycles. The monoisotopic (exact) mass is 378 g/mol. The number of furan rings is 1. The van der Waals surface area contributed by atoms with Gasteiger partial charge in [-0.3, -0.25) is 10.1 Å². The van der Waals surface area contributed by atoms with Crippen molar-refractivity contribution in [3.05, 3.63) is 73.6 Å². The third-order valence-electron chi connectivity index (χ3n) is 5.01. The molecule has 138 valence electrons. The zero-order valence-electron chi connectivity index (χ0n) is 15.1. The molecule has 0 saturated carbocycles. The first-order chi connectivity index (χ1) is 14.4. The van der Waals surface area contributed by atoms with Crippen LogP contribution in [0.15, 0.2) is 78.0 Å². The Hall–Kier alpha value is -4.26. The van der Waals surface area contributed by atoms with E-state index in [0.29, 0.717) is 11.5 Å². The number of rotatable bonds is 3. The van der Waals surface area contributed by atoms with Crippen molar-refractivity contribution in [1.82, 2.24) is 30.1 Å². The van der Waals surface area contributed by atoms with Crippen molar-refractivity contribution in [1.29, 1.82) is 0 Å². The lowest BCUT2D eigenvalue weighted by molar-refractivity contribution is 0.568. The number of fused-ring (bicyclic) bond motifs is 2. The van der Waals surface area contributed by atoms with Gasteiger partial charge in [0.2, 0.25) is 0 Å². The molecule has 0 saturated heterocycles. The van der Waals surface area contributed by atoms with E-state index in [9.17, 15) is 0 Å². The largest absolute Gasteiger partial charge is 0.472 e. The van der Waals surface area contributed by atoms with Gasteiger partial charge in [-0.15, -0.1) is 0 Å². The third-order valence-corrected chi connectivity index (χ3v) is 5.01. The van der Waals surface area contributed by atoms with Gasteiger partial charge in [0, 0.05) is 40.7 Å². The summed E-state index contributed by atoms with van der Waals surface area (Å²) in [6.07, 6.45) is 8.73. The Bertz CT molecular complexity index is 1450. The zero-order chi connectivity index (χ0) is 19.2. The van der Waals surface area contributed by atoms with Gasteiger partial charge in [0.1, 0.15) is 5.69 Å². The number of aromatic amines is 2. The molecule has 1 aromatic carbocycles. The first-order valence-corrected chi connectivity index (χ1v) is 9.13. The second kappa shape index (κ2) is 6.13. The topological polar surface area (TPSA) is 96.3 Å². The lowest BCUT2D eigenvalue weighted by Gasteiger charge is -2.01. The molecule has 0 radical (unpaired) electrons. The average Bonchev–Trinajstić information content (AvgIpc) is 3.52. The van der Waals surface area contributed by atoms with Gasteiger partial charge in [0.05, 0.1) is 23.6 Å². The van der Waals surface area contributed by atoms with Crippen molar-refractivity contribution in [3.8, 4) is 33.8 Å². The maximum absolute atomic E-state index is 5.23. The highest BCUT2D eigenvalue weighted by atomic mass is 16.3. The normalized spacial score (nSPS) is 11.4. The predicted molar refractivity (Wildman–Crippen MR) is 110 cm³/mol. The molecule has 0 aliphatic carbocycles. The molecule has 0 atom stereocenters. The number of aromatic nitrogens is 6. The number of nitrogens with one attached hydrogen (secondary N) is 2. The highest BCUT2D eigenvalue weighted by Gasteiger charge is 2.16. The Morgan fingerprint density at radius 2 is 1.93 bits per heavy atom. The minimum absolute atomic E-state index is 0.637. The Kier molecular flexibility index (Phi) is 3.33. The molecule has 5 aromatic heterocycles. The van der Waals surface area contributed by atoms with Gasteiger partial charge >= 0.3 is 0 Å². The number of benzene rings is 1. The van der Waals surface area contributed by atoms with E-state index in [0.717, 1.165) is 44.4 Å². The second-order valence-corrected chi connectivity index (χ2v) is 6.73. The van der Waals surface area contributed by atoms with Gasteiger partial charge in [-0.2, -0.15) is 5.10 Å². The summed E-state index contributed by atoms with van der Waals surface area (Å²) in [7, 11) is 0. The minimum atomic E-state index is 0.637. The summed E-state index contributed by atoms with van der Waals surface area (Å²) >= 11 is 0. The van der Waals surface area contributed by atoms with Crippen LogP contribution in [0.3, 0.4) is 0 Å². The number of nitrogens with zero attached hydrogens (tertiary/aromatic N) is 4. The fraction of sp³-hybridized carbons (Fsp3) is 0. The quantitative estimate of drug-likeness (QED) is 0.460. The standard InChI is InChI=1S/C22H14N6O/c1-2-14(11-23-7-1)13-3-4-18-17(10-13)20(28-27-18)22-25-19-16(15-6-9-29-12-15)5-8-24-21(19)26-22/h1-12H,(H,27,28)(H,24,25,26). The maximum Gasteiger partial charge on any atom is 0.178 e. The van der Waals surface area contributed by atoms with Crippen LogP contribution in [0.4, 0.5) is 0 Å². The van der Waals surface area contributed by atoms with Crippen molar-refractivity contribution < 1.29 is 4.42 Å². The van der Waals surface area contributed by atoms with Crippen molar-refractivity contribution in [3.63, 3.8) is 0 Å². The molecule has 0 spiro atoms. The first-order valence-electron chi connectivity index (χ1n) is 9.13. The molecule has 7 nitrogen and oxygen atoms in total. The van der Waals surface area contributed by atoms with Crippen LogP contribution >= 0.6 is 0 Å². The van der Waals surface area contributed by atoms with Gasteiger partial charge in [-0.05, 0) is 35.9 Å². The summed E-state index contributed by atoms with van der Waals surface area (Å²) < 4.78 is 5.23. The molecule has 29 heavy (non-hydrogen) atoms. The Morgan fingerprint density at radius 1 is 0.931 bits per heavy atom. The molecular formula is C22H14N6O. The van der Waals surface area contributed by atoms with Crippen LogP contribution in [0, 0.1) is 0 Å². The van der Waals surface area contributed by atoms with E-state index < -0.39 is 0 Å². The number of H-pyrrole nitrogens is 2. The highest BCUT2D eigenvalue weighted by molar-refractivity contribution is 5.97. The molecule has 0 amide bonds. The first kappa shape index (κ1) is 15.8. The summed E-state index contributed by atoms with van der Waals surface area (Å²) in [5.74, 6) is 0.665. The van der Waals surface area contributed by atoms with Crippen LogP contribution < -0.4 is 0 Å². The minimum Gasteiger partial charge on any atom is -0.472 e. The summed E-state index contributed by atoms with van der Waals surface area (Å²) in [5.41, 5.74) is 7.26. The van der Waals surface area contributed by atoms with Gasteiger partial charge in [-0.25, -0.2) is 9.97 Å². The molecule has 7 heteroatoms. The van der Waals surface area contributed by atoms with E-state index in [-0.39, 0.29) is 0 Å². The lowest BCUT2D eigenvalue weighted by atomic mass is 10.0. The van der Waals surface area contributed by atoms with Crippen molar-refractivity contribution in [2.24, 2.45) is 0 Å². The predicted octanol–water partition coefficient (Wildman–Crippen LogP) is 4.82. The Morgan fingerprint density at radius 3 is 2.79 bits per heavy atom. The summed E-state index contributed by atoms with van der Waals surface area (Å²) in [6.45, 7) is 0. The van der Waals surface area contributed by atoms with Gasteiger partial charge in [0.25, 0.3) is 0 Å². The number of pyridine rings is 2. The average molecular weight is 378 g/mol. The fourth-order valence-corrected chi connectivity index (χ4v) is 3.59. The molecule has 0 bridgehead atoms. The lowest BCUT2D eigenvalue weighted by Crippen LogP contribution is -1.83. The Balaban J connectivity index is 1.53. The maximum atomic E-state index is 5.23. The summed E-state index contributed by atoms with van der Waals surface area (Å²) in [6, 6.07) is 14.0. The van der Waals surface area contributed by atoms with Crippen LogP contribution in [-0.2, 0) is 0 Å². The fourth-order valence-electron chi connectivity index (χ4n) is 3.59. The van der Waals surface area contributed by atoms with E-state index in [1.165, 1.54) is 0 Å². The van der Waals surface area contributed by atoms with Crippen molar-refractivity contribution >= 4 is 22.1 Å². The van der Waals surface area contributed by atoms with Crippen LogP contribution in [0.5, 0.6) is 0 Å². The molecular weight excluding hydrogens is 364 g/mol. The van der Waals surface area contributed by atoms with Gasteiger partial charge in [-0.1, -0.05) is 12.1 Å². The third kappa shape index (κ3) is 2.52. The smallest absolute Gasteiger partial charge is 0.178 e. The van der Waals surface area contributed by atoms with Gasteiger partial charge < -0.3 is 9.40 Å². The molecule has 0 unspecified atom stereocenters. The number of hydrogen-bond acceptors (Lipinski definition) is 5. The molecule has 6 rings (SSSR count). The molecule has 2 N–H and O–H groups in total. The van der Waals surface area contributed by atoms with Crippen molar-refractivity contribution in [2.45, 2.75) is 0 Å². The SMILES string of the molecule is c1cncc(-c2ccc3[nH]nc(-c4nc5nccc(-c6ccoc6)c5[nH]4)c3c2)c1. The van der Waals surface area contributed by atoms with Gasteiger partial charge in [0.15, 0.2) is 11.5 Å². The molecule has 5 heterocycles. The highest BCUT2D eigenvalue weighted by Crippen LogP contribution is 2.32.